The molecule has 0 bridgehead atoms. The van der Waals surface area contributed by atoms with Gasteiger partial charge in [0.25, 0.3) is 10.0 Å². The molecule has 0 unspecified atom stereocenters. The summed E-state index contributed by atoms with van der Waals surface area (Å²) in [5.41, 5.74) is 2.04. The normalized spacial score (nSPS) is 14.1. The van der Waals surface area contributed by atoms with Crippen LogP contribution in [0.2, 0.25) is 0 Å². The highest BCUT2D eigenvalue weighted by Crippen LogP contribution is 2.29. The van der Waals surface area contributed by atoms with Crippen molar-refractivity contribution in [2.24, 2.45) is 0 Å². The van der Waals surface area contributed by atoms with Gasteiger partial charge in [-0.1, -0.05) is 23.4 Å². The van der Waals surface area contributed by atoms with Gasteiger partial charge in [-0.2, -0.15) is 0 Å². The van der Waals surface area contributed by atoms with Gasteiger partial charge in [0.05, 0.1) is 5.69 Å². The Morgan fingerprint density at radius 1 is 1.24 bits per heavy atom. The Bertz CT molecular complexity index is 821. The fourth-order valence-electron chi connectivity index (χ4n) is 1.95. The number of para-hydroxylation sites is 1. The number of nitrogens with zero attached hydrogens (tertiary/aromatic N) is 1. The van der Waals surface area contributed by atoms with E-state index >= 15 is 0 Å². The Morgan fingerprint density at radius 2 is 2.00 bits per heavy atom. The van der Waals surface area contributed by atoms with Gasteiger partial charge in [-0.15, -0.1) is 0 Å². The van der Waals surface area contributed by atoms with Crippen LogP contribution in [0, 0.1) is 13.8 Å². The van der Waals surface area contributed by atoms with Crippen LogP contribution in [0.3, 0.4) is 0 Å². The van der Waals surface area contributed by atoms with Crippen molar-refractivity contribution in [3.63, 3.8) is 0 Å². The van der Waals surface area contributed by atoms with Crippen LogP contribution < -0.4 is 9.46 Å². The fraction of sp³-hybridized carbons (Fsp3) is 0.214. The zero-order chi connectivity index (χ0) is 15.0. The molecular weight excluding hydrogens is 292 g/mol. The molecule has 1 aromatic heterocycles. The van der Waals surface area contributed by atoms with Gasteiger partial charge < -0.3 is 9.26 Å². The van der Waals surface area contributed by atoms with E-state index in [0.29, 0.717) is 17.0 Å². The lowest BCUT2D eigenvalue weighted by Gasteiger charge is -2.17. The van der Waals surface area contributed by atoms with Crippen molar-refractivity contribution in [3.05, 3.63) is 46.0 Å². The second-order valence-electron chi connectivity index (χ2n) is 4.76. The summed E-state index contributed by atoms with van der Waals surface area (Å²) >= 11 is 0. The largest absolute Gasteiger partial charge is 0.487 e. The smallest absolute Gasteiger partial charge is 0.263 e. The SMILES string of the molecule is Cc1noc(NS(=O)(=O)C2=Cc3ccccc3OC2)c1C. The molecular formula is C14H14N2O4S. The summed E-state index contributed by atoms with van der Waals surface area (Å²) in [4.78, 5) is 0.148. The minimum Gasteiger partial charge on any atom is -0.487 e. The van der Waals surface area contributed by atoms with Gasteiger partial charge in [0.15, 0.2) is 0 Å². The molecule has 0 amide bonds. The number of sulfonamides is 1. The lowest BCUT2D eigenvalue weighted by atomic mass is 10.1. The summed E-state index contributed by atoms with van der Waals surface area (Å²) in [6.07, 6.45) is 1.60. The highest BCUT2D eigenvalue weighted by Gasteiger charge is 2.25. The predicted molar refractivity (Wildman–Crippen MR) is 78.4 cm³/mol. The minimum atomic E-state index is -3.74. The van der Waals surface area contributed by atoms with E-state index in [-0.39, 0.29) is 17.4 Å². The molecule has 0 saturated carbocycles. The average molecular weight is 306 g/mol. The third-order valence-corrected chi connectivity index (χ3v) is 4.71. The van der Waals surface area contributed by atoms with Crippen molar-refractivity contribution in [2.75, 3.05) is 11.3 Å². The molecule has 0 fully saturated rings. The van der Waals surface area contributed by atoms with Crippen LogP contribution >= 0.6 is 0 Å². The molecule has 0 radical (unpaired) electrons. The number of rotatable bonds is 3. The molecule has 0 atom stereocenters. The van der Waals surface area contributed by atoms with Crippen molar-refractivity contribution in [1.29, 1.82) is 0 Å². The first-order valence-corrected chi connectivity index (χ1v) is 7.84. The molecule has 0 saturated heterocycles. The second kappa shape index (κ2) is 4.92. The Morgan fingerprint density at radius 3 is 2.71 bits per heavy atom. The summed E-state index contributed by atoms with van der Waals surface area (Å²) in [5, 5.41) is 3.73. The molecule has 1 aliphatic heterocycles. The summed E-state index contributed by atoms with van der Waals surface area (Å²) in [7, 11) is -3.74. The van der Waals surface area contributed by atoms with Crippen LogP contribution in [-0.4, -0.2) is 20.2 Å². The summed E-state index contributed by atoms with van der Waals surface area (Å²) in [6.45, 7) is 3.47. The fourth-order valence-corrected chi connectivity index (χ4v) is 3.01. The van der Waals surface area contributed by atoms with E-state index < -0.39 is 10.0 Å². The standard InChI is InChI=1S/C14H14N2O4S/c1-9-10(2)15-20-14(9)16-21(17,18)12-7-11-5-3-4-6-13(11)19-8-12/h3-7,16H,8H2,1-2H3. The molecule has 0 aliphatic carbocycles. The Balaban J connectivity index is 1.93. The van der Waals surface area contributed by atoms with Crippen molar-refractivity contribution in [2.45, 2.75) is 13.8 Å². The van der Waals surface area contributed by atoms with Crippen molar-refractivity contribution in [1.82, 2.24) is 5.16 Å². The van der Waals surface area contributed by atoms with Gasteiger partial charge in [-0.05, 0) is 26.0 Å². The maximum absolute atomic E-state index is 12.4. The Hall–Kier alpha value is -2.28. The average Bonchev–Trinajstić information content (AvgIpc) is 2.78. The number of hydrogen-bond acceptors (Lipinski definition) is 5. The third-order valence-electron chi connectivity index (χ3n) is 3.33. The van der Waals surface area contributed by atoms with E-state index in [1.54, 1.807) is 32.1 Å². The molecule has 110 valence electrons. The first kappa shape index (κ1) is 13.7. The molecule has 7 heteroatoms. The van der Waals surface area contributed by atoms with Gasteiger partial charge in [-0.25, -0.2) is 13.1 Å². The molecule has 0 spiro atoms. The maximum atomic E-state index is 12.4. The quantitative estimate of drug-likeness (QED) is 0.942. The molecule has 1 N–H and O–H groups in total. The maximum Gasteiger partial charge on any atom is 0.263 e. The topological polar surface area (TPSA) is 81.4 Å². The van der Waals surface area contributed by atoms with Crippen LogP contribution in [-0.2, 0) is 10.0 Å². The molecule has 6 nitrogen and oxygen atoms in total. The monoisotopic (exact) mass is 306 g/mol. The third kappa shape index (κ3) is 2.52. The van der Waals surface area contributed by atoms with Crippen molar-refractivity contribution < 1.29 is 17.7 Å². The van der Waals surface area contributed by atoms with E-state index in [0.717, 1.165) is 5.56 Å². The Kier molecular flexibility index (Phi) is 3.21. The number of fused-ring (bicyclic) bond motifs is 1. The lowest BCUT2D eigenvalue weighted by Crippen LogP contribution is -2.21. The van der Waals surface area contributed by atoms with E-state index in [9.17, 15) is 8.42 Å². The van der Waals surface area contributed by atoms with Crippen LogP contribution in [0.15, 0.2) is 33.7 Å². The summed E-state index contributed by atoms with van der Waals surface area (Å²) < 4.78 is 37.6. The predicted octanol–water partition coefficient (Wildman–Crippen LogP) is 2.47. The van der Waals surface area contributed by atoms with Crippen LogP contribution in [0.4, 0.5) is 5.88 Å². The van der Waals surface area contributed by atoms with Crippen LogP contribution in [0.1, 0.15) is 16.8 Å². The number of ether oxygens (including phenoxy) is 1. The first-order valence-electron chi connectivity index (χ1n) is 6.35. The highest BCUT2D eigenvalue weighted by molar-refractivity contribution is 7.96. The highest BCUT2D eigenvalue weighted by atomic mass is 32.2. The summed E-state index contributed by atoms with van der Waals surface area (Å²) in [6, 6.07) is 7.26. The lowest BCUT2D eigenvalue weighted by molar-refractivity contribution is 0.353. The molecule has 1 aliphatic rings. The van der Waals surface area contributed by atoms with E-state index in [1.165, 1.54) is 0 Å². The molecule has 3 rings (SSSR count). The van der Waals surface area contributed by atoms with Gasteiger partial charge >= 0.3 is 0 Å². The summed E-state index contributed by atoms with van der Waals surface area (Å²) in [5.74, 6) is 0.801. The molecule has 21 heavy (non-hydrogen) atoms. The zero-order valence-electron chi connectivity index (χ0n) is 11.6. The second-order valence-corrected chi connectivity index (χ2v) is 6.50. The number of nitrogens with one attached hydrogen (secondary N) is 1. The van der Waals surface area contributed by atoms with E-state index in [1.807, 2.05) is 12.1 Å². The number of hydrogen-bond donors (Lipinski definition) is 1. The van der Waals surface area contributed by atoms with Crippen molar-refractivity contribution in [3.8, 4) is 5.75 Å². The van der Waals surface area contributed by atoms with E-state index in [4.69, 9.17) is 9.26 Å². The number of aromatic nitrogens is 1. The van der Waals surface area contributed by atoms with E-state index in [2.05, 4.69) is 9.88 Å². The molecule has 2 aromatic rings. The van der Waals surface area contributed by atoms with Gasteiger partial charge in [0.2, 0.25) is 5.88 Å². The van der Waals surface area contributed by atoms with Gasteiger partial charge in [-0.3, -0.25) is 0 Å². The number of aryl methyl sites for hydroxylation is 1. The number of benzene rings is 1. The van der Waals surface area contributed by atoms with Gasteiger partial charge in [0, 0.05) is 11.1 Å². The molecule has 1 aromatic carbocycles. The minimum absolute atomic E-state index is 0.0154. The van der Waals surface area contributed by atoms with Gasteiger partial charge in [0.1, 0.15) is 17.3 Å². The van der Waals surface area contributed by atoms with Crippen molar-refractivity contribution >= 4 is 22.0 Å². The van der Waals surface area contributed by atoms with Crippen LogP contribution in [0.5, 0.6) is 5.75 Å². The first-order chi connectivity index (χ1) is 9.97. The zero-order valence-corrected chi connectivity index (χ0v) is 12.4. The van der Waals surface area contributed by atoms with Crippen LogP contribution in [0.25, 0.3) is 6.08 Å². The Labute approximate surface area is 122 Å². The number of anilines is 1. The molecule has 2 heterocycles.